The zero-order valence-corrected chi connectivity index (χ0v) is 18.0. The smallest absolute Gasteiger partial charge is 0.309 e. The number of rotatable bonds is 7. The van der Waals surface area contributed by atoms with Crippen LogP contribution in [0.25, 0.3) is 0 Å². The highest BCUT2D eigenvalue weighted by Gasteiger charge is 2.53. The second-order valence-electron chi connectivity index (χ2n) is 7.49. The molecule has 0 aromatic carbocycles. The third-order valence-electron chi connectivity index (χ3n) is 4.86. The van der Waals surface area contributed by atoms with E-state index < -0.39 is 60.6 Å². The van der Waals surface area contributed by atoms with Gasteiger partial charge in [0.15, 0.2) is 12.2 Å². The molecule has 2 fully saturated rings. The summed E-state index contributed by atoms with van der Waals surface area (Å²) in [5.74, 6) is -3.65. The topological polar surface area (TPSA) is 141 Å². The van der Waals surface area contributed by atoms with Gasteiger partial charge >= 0.3 is 29.8 Å². The van der Waals surface area contributed by atoms with Crippen LogP contribution in [0.3, 0.4) is 0 Å². The van der Waals surface area contributed by atoms with Gasteiger partial charge in [-0.05, 0) is 12.8 Å². The van der Waals surface area contributed by atoms with Crippen LogP contribution >= 0.6 is 0 Å². The molecular weight excluding hydrogens is 416 g/mol. The van der Waals surface area contributed by atoms with Crippen molar-refractivity contribution in [2.45, 2.75) is 84.1 Å². The first-order chi connectivity index (χ1) is 14.6. The molecule has 1 aliphatic heterocycles. The van der Waals surface area contributed by atoms with E-state index in [0.29, 0.717) is 0 Å². The summed E-state index contributed by atoms with van der Waals surface area (Å²) in [5, 5.41) is 0. The summed E-state index contributed by atoms with van der Waals surface area (Å²) in [6, 6.07) is 0. The van der Waals surface area contributed by atoms with Gasteiger partial charge in [-0.2, -0.15) is 0 Å². The minimum atomic E-state index is -1.48. The first-order valence-corrected chi connectivity index (χ1v) is 10.1. The van der Waals surface area contributed by atoms with E-state index in [2.05, 4.69) is 0 Å². The normalized spacial score (nSPS) is 28.3. The number of carbonyl (C=O) groups excluding carboxylic acids is 5. The highest BCUT2D eigenvalue weighted by molar-refractivity contribution is 5.72. The second kappa shape index (κ2) is 11.1. The maximum atomic E-state index is 12.3. The largest absolute Gasteiger partial charge is 0.463 e. The van der Waals surface area contributed by atoms with Gasteiger partial charge in [0.05, 0.1) is 5.92 Å². The van der Waals surface area contributed by atoms with Crippen molar-refractivity contribution >= 4 is 29.8 Å². The average Bonchev–Trinajstić information content (AvgIpc) is 3.18. The lowest BCUT2D eigenvalue weighted by molar-refractivity contribution is -0.300. The van der Waals surface area contributed by atoms with Gasteiger partial charge < -0.3 is 28.4 Å². The molecule has 0 amide bonds. The van der Waals surface area contributed by atoms with Crippen molar-refractivity contribution in [3.63, 3.8) is 0 Å². The molecule has 1 saturated carbocycles. The summed E-state index contributed by atoms with van der Waals surface area (Å²) in [6.45, 7) is 4.11. The fourth-order valence-corrected chi connectivity index (χ4v) is 3.69. The van der Waals surface area contributed by atoms with Crippen molar-refractivity contribution < 1.29 is 52.4 Å². The van der Waals surface area contributed by atoms with Crippen LogP contribution in [0.1, 0.15) is 53.4 Å². The number of hydrogen-bond donors (Lipinski definition) is 0. The molecule has 0 bridgehead atoms. The lowest BCUT2D eigenvalue weighted by Gasteiger charge is -2.43. The van der Waals surface area contributed by atoms with Gasteiger partial charge in [-0.15, -0.1) is 0 Å². The van der Waals surface area contributed by atoms with E-state index in [1.807, 2.05) is 0 Å². The molecule has 0 N–H and O–H groups in total. The van der Waals surface area contributed by atoms with E-state index in [4.69, 9.17) is 28.4 Å². The first kappa shape index (κ1) is 24.6. The molecule has 0 radical (unpaired) electrons. The van der Waals surface area contributed by atoms with Crippen LogP contribution in [0.15, 0.2) is 0 Å². The summed E-state index contributed by atoms with van der Waals surface area (Å²) >= 11 is 0. The molecule has 2 rings (SSSR count). The van der Waals surface area contributed by atoms with Crippen LogP contribution < -0.4 is 0 Å². The molecule has 5 atom stereocenters. The molecule has 1 saturated heterocycles. The fraction of sp³-hybridized carbons (Fsp3) is 0.750. The van der Waals surface area contributed by atoms with Crippen LogP contribution in [-0.4, -0.2) is 67.2 Å². The Morgan fingerprint density at radius 2 is 1.19 bits per heavy atom. The predicted molar refractivity (Wildman–Crippen MR) is 100 cm³/mol. The third kappa shape index (κ3) is 7.20. The van der Waals surface area contributed by atoms with E-state index in [-0.39, 0.29) is 12.5 Å². The van der Waals surface area contributed by atoms with Gasteiger partial charge in [0, 0.05) is 27.7 Å². The monoisotopic (exact) mass is 444 g/mol. The number of ether oxygens (including phenoxy) is 6. The van der Waals surface area contributed by atoms with Crippen molar-refractivity contribution in [1.29, 1.82) is 0 Å². The standard InChI is InChI=1S/C20H28O11/c1-10(21)27-16-15(9-26-19(25)14-7-5-6-8-14)31-20(30-13(4)24)18(29-12(3)23)17(16)28-11(2)22/h14-18,20H,5-9H2,1-4H3/t15?,16-,17?,18+,20-/m1/s1. The van der Waals surface area contributed by atoms with Crippen molar-refractivity contribution in [2.24, 2.45) is 5.92 Å². The van der Waals surface area contributed by atoms with Crippen molar-refractivity contribution in [3.05, 3.63) is 0 Å². The summed E-state index contributed by atoms with van der Waals surface area (Å²) in [4.78, 5) is 58.9. The molecule has 11 heteroatoms. The first-order valence-electron chi connectivity index (χ1n) is 10.1. The minimum absolute atomic E-state index is 0.224. The minimum Gasteiger partial charge on any atom is -0.463 e. The zero-order chi connectivity index (χ0) is 23.1. The molecular formula is C20H28O11. The van der Waals surface area contributed by atoms with Crippen molar-refractivity contribution in [1.82, 2.24) is 0 Å². The molecule has 174 valence electrons. The summed E-state index contributed by atoms with van der Waals surface area (Å²) in [5.41, 5.74) is 0. The number of carbonyl (C=O) groups is 5. The van der Waals surface area contributed by atoms with Crippen LogP contribution in [0.4, 0.5) is 0 Å². The van der Waals surface area contributed by atoms with Gasteiger partial charge in [0.2, 0.25) is 12.4 Å². The van der Waals surface area contributed by atoms with Crippen LogP contribution in [-0.2, 0) is 52.4 Å². The van der Waals surface area contributed by atoms with Gasteiger partial charge in [0.25, 0.3) is 0 Å². The van der Waals surface area contributed by atoms with E-state index in [1.165, 1.54) is 0 Å². The highest BCUT2D eigenvalue weighted by Crippen LogP contribution is 2.31. The maximum absolute atomic E-state index is 12.3. The van der Waals surface area contributed by atoms with E-state index >= 15 is 0 Å². The van der Waals surface area contributed by atoms with Crippen LogP contribution in [0, 0.1) is 5.92 Å². The van der Waals surface area contributed by atoms with E-state index in [9.17, 15) is 24.0 Å². The molecule has 0 spiro atoms. The van der Waals surface area contributed by atoms with Gasteiger partial charge in [0.1, 0.15) is 12.7 Å². The third-order valence-corrected chi connectivity index (χ3v) is 4.86. The molecule has 0 aromatic heterocycles. The Labute approximate surface area is 179 Å². The molecule has 0 aromatic rings. The Morgan fingerprint density at radius 1 is 0.710 bits per heavy atom. The Balaban J connectivity index is 2.29. The SMILES string of the molecule is CC(=O)OC1[C@H](OC(C)=O)C(COC(=O)C2CCCC2)O[C@@H](OC(C)=O)[C@H]1OC(C)=O. The predicted octanol–water partition coefficient (Wildman–Crippen LogP) is 0.803. The lowest BCUT2D eigenvalue weighted by Crippen LogP contribution is -2.63. The molecule has 31 heavy (non-hydrogen) atoms. The Kier molecular flexibility index (Phi) is 8.78. The van der Waals surface area contributed by atoms with Crippen LogP contribution in [0.2, 0.25) is 0 Å². The van der Waals surface area contributed by atoms with Crippen LogP contribution in [0.5, 0.6) is 0 Å². The van der Waals surface area contributed by atoms with Gasteiger partial charge in [-0.1, -0.05) is 12.8 Å². The molecule has 2 unspecified atom stereocenters. The quantitative estimate of drug-likeness (QED) is 0.407. The fourth-order valence-electron chi connectivity index (χ4n) is 3.69. The summed E-state index contributed by atoms with van der Waals surface area (Å²) in [6.07, 6.45) is -3.37. The molecule has 2 aliphatic rings. The zero-order valence-electron chi connectivity index (χ0n) is 18.0. The second-order valence-corrected chi connectivity index (χ2v) is 7.49. The Morgan fingerprint density at radius 3 is 1.71 bits per heavy atom. The highest BCUT2D eigenvalue weighted by atomic mass is 16.7. The molecule has 11 nitrogen and oxygen atoms in total. The summed E-state index contributed by atoms with van der Waals surface area (Å²) < 4.78 is 31.8. The summed E-state index contributed by atoms with van der Waals surface area (Å²) in [7, 11) is 0. The molecule has 1 aliphatic carbocycles. The van der Waals surface area contributed by atoms with E-state index in [1.54, 1.807) is 0 Å². The Bertz CT molecular complexity index is 697. The van der Waals surface area contributed by atoms with Gasteiger partial charge in [-0.3, -0.25) is 24.0 Å². The maximum Gasteiger partial charge on any atom is 0.309 e. The lowest BCUT2D eigenvalue weighted by atomic mass is 9.98. The average molecular weight is 444 g/mol. The van der Waals surface area contributed by atoms with E-state index in [0.717, 1.165) is 53.4 Å². The van der Waals surface area contributed by atoms with Crippen molar-refractivity contribution in [3.8, 4) is 0 Å². The number of esters is 5. The Hall–Kier alpha value is -2.69. The molecule has 1 heterocycles. The number of hydrogen-bond acceptors (Lipinski definition) is 11. The van der Waals surface area contributed by atoms with Crippen molar-refractivity contribution in [2.75, 3.05) is 6.61 Å². The van der Waals surface area contributed by atoms with Gasteiger partial charge in [-0.25, -0.2) is 0 Å².